The van der Waals surface area contributed by atoms with Crippen LogP contribution in [0, 0.1) is 3.57 Å². The fraction of sp³-hybridized carbons (Fsp3) is 0.400. The molecule has 1 N–H and O–H groups in total. The van der Waals surface area contributed by atoms with Crippen molar-refractivity contribution in [1.29, 1.82) is 0 Å². The molecular formula is C10H11ClIN. The normalized spacial score (nSPS) is 22.2. The molecule has 1 aromatic carbocycles. The Balaban J connectivity index is 2.25. The molecule has 70 valence electrons. The Labute approximate surface area is 97.0 Å². The smallest absolute Gasteiger partial charge is 0.0539 e. The van der Waals surface area contributed by atoms with Gasteiger partial charge < -0.3 is 5.32 Å². The van der Waals surface area contributed by atoms with Crippen LogP contribution >= 0.6 is 34.2 Å². The van der Waals surface area contributed by atoms with Gasteiger partial charge in [0.25, 0.3) is 0 Å². The molecule has 1 nitrogen and oxygen atoms in total. The lowest BCUT2D eigenvalue weighted by Gasteiger charge is -2.11. The van der Waals surface area contributed by atoms with E-state index in [0.717, 1.165) is 15.1 Å². The highest BCUT2D eigenvalue weighted by molar-refractivity contribution is 14.1. The van der Waals surface area contributed by atoms with Crippen LogP contribution < -0.4 is 5.32 Å². The molecule has 0 amide bonds. The Morgan fingerprint density at radius 2 is 2.31 bits per heavy atom. The van der Waals surface area contributed by atoms with E-state index in [9.17, 15) is 0 Å². The summed E-state index contributed by atoms with van der Waals surface area (Å²) in [5, 5.41) is 4.32. The molecule has 0 bridgehead atoms. The highest BCUT2D eigenvalue weighted by atomic mass is 127. The maximum absolute atomic E-state index is 5.96. The van der Waals surface area contributed by atoms with Crippen LogP contribution in [0.25, 0.3) is 0 Å². The molecule has 3 heteroatoms. The van der Waals surface area contributed by atoms with E-state index in [1.165, 1.54) is 18.4 Å². The fourth-order valence-corrected chi connectivity index (χ4v) is 2.36. The van der Waals surface area contributed by atoms with Gasteiger partial charge in [-0.25, -0.2) is 0 Å². The number of hydrogen-bond acceptors (Lipinski definition) is 1. The minimum absolute atomic E-state index is 0.547. The molecule has 1 aliphatic rings. The number of benzene rings is 1. The third-order valence-electron chi connectivity index (χ3n) is 2.41. The van der Waals surface area contributed by atoms with Gasteiger partial charge in [0.2, 0.25) is 0 Å². The van der Waals surface area contributed by atoms with E-state index in [-0.39, 0.29) is 0 Å². The van der Waals surface area contributed by atoms with Crippen molar-refractivity contribution in [1.82, 2.24) is 5.32 Å². The van der Waals surface area contributed by atoms with Crippen molar-refractivity contribution in [3.05, 3.63) is 32.4 Å². The highest BCUT2D eigenvalue weighted by Crippen LogP contribution is 2.27. The quantitative estimate of drug-likeness (QED) is 0.785. The third kappa shape index (κ3) is 2.17. The topological polar surface area (TPSA) is 12.0 Å². The number of halogens is 2. The summed E-state index contributed by atoms with van der Waals surface area (Å²) < 4.78 is 1.14. The second kappa shape index (κ2) is 4.15. The van der Waals surface area contributed by atoms with Crippen molar-refractivity contribution in [3.63, 3.8) is 0 Å². The molecule has 0 aromatic heterocycles. The highest BCUT2D eigenvalue weighted by Gasteiger charge is 2.16. The average molecular weight is 308 g/mol. The lowest BCUT2D eigenvalue weighted by atomic mass is 10.1. The molecule has 0 saturated carbocycles. The zero-order valence-corrected chi connectivity index (χ0v) is 10.1. The largest absolute Gasteiger partial charge is 0.310 e. The molecule has 0 spiro atoms. The molecule has 1 aliphatic heterocycles. The number of rotatable bonds is 1. The van der Waals surface area contributed by atoms with Crippen molar-refractivity contribution in [3.8, 4) is 0 Å². The minimum Gasteiger partial charge on any atom is -0.310 e. The zero-order chi connectivity index (χ0) is 9.26. The molecule has 13 heavy (non-hydrogen) atoms. The van der Waals surface area contributed by atoms with E-state index in [1.54, 1.807) is 0 Å². The van der Waals surface area contributed by atoms with Crippen LogP contribution in [0.3, 0.4) is 0 Å². The predicted octanol–water partition coefficient (Wildman–Crippen LogP) is 3.37. The summed E-state index contributed by atoms with van der Waals surface area (Å²) in [6.07, 6.45) is 2.53. The predicted molar refractivity (Wildman–Crippen MR) is 64.1 cm³/mol. The summed E-state index contributed by atoms with van der Waals surface area (Å²) >= 11 is 8.24. The second-order valence-corrected chi connectivity index (χ2v) is 4.89. The van der Waals surface area contributed by atoms with Gasteiger partial charge in [-0.15, -0.1) is 0 Å². The molecule has 1 unspecified atom stereocenters. The summed E-state index contributed by atoms with van der Waals surface area (Å²) in [5.74, 6) is 0. The first-order valence-corrected chi connectivity index (χ1v) is 5.91. The van der Waals surface area contributed by atoms with E-state index in [1.807, 2.05) is 6.07 Å². The Morgan fingerprint density at radius 3 is 2.92 bits per heavy atom. The van der Waals surface area contributed by atoms with E-state index in [4.69, 9.17) is 11.6 Å². The average Bonchev–Trinajstić information content (AvgIpc) is 2.62. The van der Waals surface area contributed by atoms with E-state index in [0.29, 0.717) is 6.04 Å². The molecule has 0 radical (unpaired) electrons. The van der Waals surface area contributed by atoms with Gasteiger partial charge in [0.15, 0.2) is 0 Å². The monoisotopic (exact) mass is 307 g/mol. The lowest BCUT2D eigenvalue weighted by Crippen LogP contribution is -2.12. The van der Waals surface area contributed by atoms with E-state index < -0.39 is 0 Å². The minimum atomic E-state index is 0.547. The Morgan fingerprint density at radius 1 is 1.46 bits per heavy atom. The standard InChI is InChI=1S/C10H11ClIN/c11-8-4-3-7(6-9(8)12)10-2-1-5-13-10/h3-4,6,10,13H,1-2,5H2. The molecule has 1 heterocycles. The number of nitrogens with one attached hydrogen (secondary N) is 1. The first-order valence-electron chi connectivity index (χ1n) is 4.46. The van der Waals surface area contributed by atoms with Crippen molar-refractivity contribution >= 4 is 34.2 Å². The fourth-order valence-electron chi connectivity index (χ4n) is 1.70. The molecule has 0 aliphatic carbocycles. The van der Waals surface area contributed by atoms with Gasteiger partial charge >= 0.3 is 0 Å². The zero-order valence-electron chi connectivity index (χ0n) is 7.19. The van der Waals surface area contributed by atoms with Crippen LogP contribution in [0.1, 0.15) is 24.4 Å². The van der Waals surface area contributed by atoms with Crippen molar-refractivity contribution in [2.45, 2.75) is 18.9 Å². The van der Waals surface area contributed by atoms with Gasteiger partial charge in [-0.2, -0.15) is 0 Å². The summed E-state index contributed by atoms with van der Waals surface area (Å²) in [6.45, 7) is 1.14. The van der Waals surface area contributed by atoms with Gasteiger partial charge in [0, 0.05) is 9.61 Å². The van der Waals surface area contributed by atoms with Crippen molar-refractivity contribution < 1.29 is 0 Å². The van der Waals surface area contributed by atoms with Gasteiger partial charge in [-0.1, -0.05) is 17.7 Å². The van der Waals surface area contributed by atoms with Crippen LogP contribution in [0.5, 0.6) is 0 Å². The van der Waals surface area contributed by atoms with Gasteiger partial charge in [-0.3, -0.25) is 0 Å². The summed E-state index contributed by atoms with van der Waals surface area (Å²) in [6, 6.07) is 6.82. The van der Waals surface area contributed by atoms with E-state index >= 15 is 0 Å². The molecule has 2 rings (SSSR count). The maximum atomic E-state index is 5.96. The van der Waals surface area contributed by atoms with Crippen LogP contribution in [-0.2, 0) is 0 Å². The molecule has 1 aromatic rings. The van der Waals surface area contributed by atoms with Crippen LogP contribution in [0.2, 0.25) is 5.02 Å². The van der Waals surface area contributed by atoms with Crippen molar-refractivity contribution in [2.24, 2.45) is 0 Å². The summed E-state index contributed by atoms with van der Waals surface area (Å²) in [4.78, 5) is 0. The SMILES string of the molecule is Clc1ccc(C2CCCN2)cc1I. The molecule has 1 fully saturated rings. The van der Waals surface area contributed by atoms with Crippen LogP contribution in [0.15, 0.2) is 18.2 Å². The molecule has 1 saturated heterocycles. The lowest BCUT2D eigenvalue weighted by molar-refractivity contribution is 0.647. The first-order chi connectivity index (χ1) is 6.27. The van der Waals surface area contributed by atoms with Crippen molar-refractivity contribution in [2.75, 3.05) is 6.54 Å². The van der Waals surface area contributed by atoms with Gasteiger partial charge in [-0.05, 0) is 59.7 Å². The number of hydrogen-bond donors (Lipinski definition) is 1. The third-order valence-corrected chi connectivity index (χ3v) is 3.95. The second-order valence-electron chi connectivity index (χ2n) is 3.32. The van der Waals surface area contributed by atoms with E-state index in [2.05, 4.69) is 40.0 Å². The summed E-state index contributed by atoms with van der Waals surface area (Å²) in [7, 11) is 0. The molecule has 1 atom stereocenters. The Kier molecular flexibility index (Phi) is 3.11. The first kappa shape index (κ1) is 9.74. The van der Waals surface area contributed by atoms with Crippen LogP contribution in [0.4, 0.5) is 0 Å². The van der Waals surface area contributed by atoms with Crippen LogP contribution in [-0.4, -0.2) is 6.54 Å². The molecular weight excluding hydrogens is 296 g/mol. The summed E-state index contributed by atoms with van der Waals surface area (Å²) in [5.41, 5.74) is 1.37. The maximum Gasteiger partial charge on any atom is 0.0539 e. The van der Waals surface area contributed by atoms with Gasteiger partial charge in [0.1, 0.15) is 0 Å². The Hall–Kier alpha value is 0.200. The van der Waals surface area contributed by atoms with Gasteiger partial charge in [0.05, 0.1) is 5.02 Å². The Bertz CT molecular complexity index is 308.